The molecule has 2 N–H and O–H groups in total. The molecule has 1 heterocycles. The van der Waals surface area contributed by atoms with Crippen LogP contribution in [0.3, 0.4) is 0 Å². The zero-order chi connectivity index (χ0) is 22.3. The van der Waals surface area contributed by atoms with Crippen molar-refractivity contribution in [1.29, 1.82) is 0 Å². The summed E-state index contributed by atoms with van der Waals surface area (Å²) in [4.78, 5) is 24.9. The quantitative estimate of drug-likeness (QED) is 0.456. The molecule has 0 spiro atoms. The Morgan fingerprint density at radius 2 is 1.50 bits per heavy atom. The van der Waals surface area contributed by atoms with Crippen LogP contribution in [-0.4, -0.2) is 21.6 Å². The predicted molar refractivity (Wildman–Crippen MR) is 123 cm³/mol. The van der Waals surface area contributed by atoms with E-state index >= 15 is 0 Å². The second-order valence-electron chi connectivity index (χ2n) is 7.11. The normalized spacial score (nSPS) is 10.4. The first-order valence-corrected chi connectivity index (χ1v) is 10.1. The van der Waals surface area contributed by atoms with Gasteiger partial charge in [-0.15, -0.1) is 0 Å². The van der Waals surface area contributed by atoms with Gasteiger partial charge in [-0.3, -0.25) is 14.3 Å². The molecule has 32 heavy (non-hydrogen) atoms. The van der Waals surface area contributed by atoms with Crippen molar-refractivity contribution in [2.75, 3.05) is 10.6 Å². The Labute approximate surface area is 185 Å². The Balaban J connectivity index is 1.35. The van der Waals surface area contributed by atoms with Crippen LogP contribution in [0.25, 0.3) is 0 Å². The van der Waals surface area contributed by atoms with Gasteiger partial charge >= 0.3 is 0 Å². The van der Waals surface area contributed by atoms with Crippen molar-refractivity contribution in [3.63, 3.8) is 0 Å². The summed E-state index contributed by atoms with van der Waals surface area (Å²) in [5, 5.41) is 9.77. The van der Waals surface area contributed by atoms with Crippen LogP contribution in [0.5, 0.6) is 5.75 Å². The molecule has 0 atom stereocenters. The van der Waals surface area contributed by atoms with E-state index in [-0.39, 0.29) is 17.5 Å². The van der Waals surface area contributed by atoms with Crippen molar-refractivity contribution in [3.8, 4) is 5.75 Å². The number of nitrogens with one attached hydrogen (secondary N) is 2. The van der Waals surface area contributed by atoms with Crippen LogP contribution < -0.4 is 15.4 Å². The molecule has 4 aromatic rings. The number of rotatable bonds is 7. The third kappa shape index (κ3) is 5.20. The van der Waals surface area contributed by atoms with Gasteiger partial charge in [-0.2, -0.15) is 5.10 Å². The van der Waals surface area contributed by atoms with Crippen LogP contribution in [0.1, 0.15) is 26.4 Å². The zero-order valence-corrected chi connectivity index (χ0v) is 17.5. The van der Waals surface area contributed by atoms with Crippen molar-refractivity contribution in [2.24, 2.45) is 7.05 Å². The Hall–Kier alpha value is -4.39. The van der Waals surface area contributed by atoms with Crippen molar-refractivity contribution < 1.29 is 14.3 Å². The van der Waals surface area contributed by atoms with Gasteiger partial charge in [0.05, 0.1) is 0 Å². The minimum absolute atomic E-state index is 0.195. The fourth-order valence-corrected chi connectivity index (χ4v) is 3.04. The first-order valence-electron chi connectivity index (χ1n) is 10.1. The lowest BCUT2D eigenvalue weighted by Crippen LogP contribution is -2.14. The second kappa shape index (κ2) is 9.61. The van der Waals surface area contributed by atoms with Gasteiger partial charge in [0.25, 0.3) is 11.8 Å². The molecule has 0 radical (unpaired) electrons. The average molecular weight is 426 g/mol. The number of amides is 2. The molecule has 7 nitrogen and oxygen atoms in total. The van der Waals surface area contributed by atoms with E-state index in [0.717, 1.165) is 5.56 Å². The first kappa shape index (κ1) is 20.9. The second-order valence-corrected chi connectivity index (χ2v) is 7.11. The van der Waals surface area contributed by atoms with Crippen LogP contribution >= 0.6 is 0 Å². The molecule has 0 fully saturated rings. The number of anilines is 2. The van der Waals surface area contributed by atoms with E-state index < -0.39 is 0 Å². The summed E-state index contributed by atoms with van der Waals surface area (Å²) < 4.78 is 7.22. The van der Waals surface area contributed by atoms with Gasteiger partial charge in [-0.05, 0) is 42.0 Å². The maximum Gasteiger partial charge on any atom is 0.276 e. The number of aryl methyl sites for hydroxylation is 1. The van der Waals surface area contributed by atoms with E-state index in [1.165, 1.54) is 10.7 Å². The summed E-state index contributed by atoms with van der Waals surface area (Å²) in [5.41, 5.74) is 2.41. The lowest BCUT2D eigenvalue weighted by molar-refractivity contribution is 0.101. The SMILES string of the molecule is Cn1nc(C(=O)Nc2ccc(OCc3ccccc3)cc2)cc1NC(=O)c1ccccc1. The molecule has 4 rings (SSSR count). The summed E-state index contributed by atoms with van der Waals surface area (Å²) >= 11 is 0. The van der Waals surface area contributed by atoms with Gasteiger partial charge < -0.3 is 15.4 Å². The van der Waals surface area contributed by atoms with Gasteiger partial charge in [0.15, 0.2) is 5.69 Å². The van der Waals surface area contributed by atoms with Gasteiger partial charge in [0.2, 0.25) is 0 Å². The molecule has 0 aliphatic rings. The van der Waals surface area contributed by atoms with Crippen molar-refractivity contribution >= 4 is 23.3 Å². The maximum absolute atomic E-state index is 12.6. The molecule has 3 aromatic carbocycles. The number of hydrogen-bond acceptors (Lipinski definition) is 4. The highest BCUT2D eigenvalue weighted by atomic mass is 16.5. The number of ether oxygens (including phenoxy) is 1. The van der Waals surface area contributed by atoms with Crippen molar-refractivity contribution in [3.05, 3.63) is 108 Å². The minimum atomic E-state index is -0.376. The molecule has 0 bridgehead atoms. The van der Waals surface area contributed by atoms with Crippen molar-refractivity contribution in [2.45, 2.75) is 6.61 Å². The van der Waals surface area contributed by atoms with Crippen LogP contribution in [0.4, 0.5) is 11.5 Å². The standard InChI is InChI=1S/C25H22N4O3/c1-29-23(27-24(30)19-10-6-3-7-11-19)16-22(28-29)25(31)26-20-12-14-21(15-13-20)32-17-18-8-4-2-5-9-18/h2-16H,17H2,1H3,(H,26,31)(H,27,30). The van der Waals surface area contributed by atoms with Crippen LogP contribution in [0, 0.1) is 0 Å². The first-order chi connectivity index (χ1) is 15.6. The summed E-state index contributed by atoms with van der Waals surface area (Å²) in [6, 6.07) is 27.4. The zero-order valence-electron chi connectivity index (χ0n) is 17.5. The molecule has 0 aliphatic heterocycles. The monoisotopic (exact) mass is 426 g/mol. The van der Waals surface area contributed by atoms with Crippen LogP contribution in [0.2, 0.25) is 0 Å². The number of carbonyl (C=O) groups is 2. The van der Waals surface area contributed by atoms with E-state index in [1.807, 2.05) is 36.4 Å². The highest BCUT2D eigenvalue weighted by Gasteiger charge is 2.15. The van der Waals surface area contributed by atoms with Gasteiger partial charge in [-0.1, -0.05) is 48.5 Å². The Morgan fingerprint density at radius 1 is 0.844 bits per heavy atom. The summed E-state index contributed by atoms with van der Waals surface area (Å²) in [5.74, 6) is 0.481. The molecule has 0 unspecified atom stereocenters. The van der Waals surface area contributed by atoms with E-state index in [9.17, 15) is 9.59 Å². The molecule has 0 aliphatic carbocycles. The molecular weight excluding hydrogens is 404 g/mol. The van der Waals surface area contributed by atoms with E-state index in [2.05, 4.69) is 15.7 Å². The topological polar surface area (TPSA) is 85.2 Å². The van der Waals surface area contributed by atoms with E-state index in [4.69, 9.17) is 4.74 Å². The third-order valence-corrected chi connectivity index (χ3v) is 4.75. The number of carbonyl (C=O) groups excluding carboxylic acids is 2. The number of aromatic nitrogens is 2. The Kier molecular flexibility index (Phi) is 6.27. The molecule has 160 valence electrons. The lowest BCUT2D eigenvalue weighted by atomic mass is 10.2. The molecular formula is C25H22N4O3. The molecule has 1 aromatic heterocycles. The fourth-order valence-electron chi connectivity index (χ4n) is 3.04. The van der Waals surface area contributed by atoms with Gasteiger partial charge in [0.1, 0.15) is 18.2 Å². The highest BCUT2D eigenvalue weighted by Crippen LogP contribution is 2.18. The summed E-state index contributed by atoms with van der Waals surface area (Å²) in [6.07, 6.45) is 0. The number of benzene rings is 3. The fraction of sp³-hybridized carbons (Fsp3) is 0.0800. The largest absolute Gasteiger partial charge is 0.489 e. The predicted octanol–water partition coefficient (Wildman–Crippen LogP) is 4.50. The highest BCUT2D eigenvalue weighted by molar-refractivity contribution is 6.06. The number of hydrogen-bond donors (Lipinski definition) is 2. The molecule has 7 heteroatoms. The van der Waals surface area contributed by atoms with Gasteiger partial charge in [-0.25, -0.2) is 0 Å². The minimum Gasteiger partial charge on any atom is -0.489 e. The van der Waals surface area contributed by atoms with Crippen LogP contribution in [0.15, 0.2) is 91.0 Å². The smallest absolute Gasteiger partial charge is 0.276 e. The number of nitrogens with zero attached hydrogens (tertiary/aromatic N) is 2. The molecule has 0 saturated carbocycles. The van der Waals surface area contributed by atoms with Crippen molar-refractivity contribution in [1.82, 2.24) is 9.78 Å². The summed E-state index contributed by atoms with van der Waals surface area (Å²) in [7, 11) is 1.66. The van der Waals surface area contributed by atoms with Gasteiger partial charge in [0, 0.05) is 24.4 Å². The maximum atomic E-state index is 12.6. The average Bonchev–Trinajstić information content (AvgIpc) is 3.20. The van der Waals surface area contributed by atoms with E-state index in [1.54, 1.807) is 55.6 Å². The lowest BCUT2D eigenvalue weighted by Gasteiger charge is -2.08. The Bertz CT molecular complexity index is 1200. The Morgan fingerprint density at radius 3 is 2.19 bits per heavy atom. The third-order valence-electron chi connectivity index (χ3n) is 4.75. The van der Waals surface area contributed by atoms with Crippen LogP contribution in [-0.2, 0) is 13.7 Å². The summed E-state index contributed by atoms with van der Waals surface area (Å²) in [6.45, 7) is 0.470. The van der Waals surface area contributed by atoms with E-state index in [0.29, 0.717) is 29.4 Å². The molecule has 0 saturated heterocycles. The molecule has 2 amide bonds.